The van der Waals surface area contributed by atoms with Gasteiger partial charge in [0.2, 0.25) is 5.91 Å². The molecule has 9 heteroatoms. The number of nitrogens with one attached hydrogen (secondary N) is 1. The summed E-state index contributed by atoms with van der Waals surface area (Å²) in [6.45, 7) is 1.15. The maximum atomic E-state index is 13.7. The van der Waals surface area contributed by atoms with Gasteiger partial charge in [-0.05, 0) is 6.92 Å². The van der Waals surface area contributed by atoms with Crippen LogP contribution < -0.4 is 5.32 Å². The molecule has 2 aliphatic rings. The summed E-state index contributed by atoms with van der Waals surface area (Å²) in [5, 5.41) is 11.2. The van der Waals surface area contributed by atoms with Gasteiger partial charge in [0.05, 0.1) is 6.61 Å². The van der Waals surface area contributed by atoms with E-state index in [1.54, 1.807) is 6.92 Å². The molecule has 0 aromatic carbocycles. The number of carbonyl (C=O) groups is 2. The van der Waals surface area contributed by atoms with Crippen molar-refractivity contribution in [1.82, 2.24) is 10.2 Å². The first kappa shape index (κ1) is 15.9. The number of nitrogens with zero attached hydrogens (tertiary/aromatic N) is 1. The Labute approximate surface area is 128 Å². The summed E-state index contributed by atoms with van der Waals surface area (Å²) in [7, 11) is 1.37. The number of methoxy groups -OCH3 is 1. The van der Waals surface area contributed by atoms with Gasteiger partial charge in [0.25, 0.3) is 0 Å². The average Bonchev–Trinajstić information content (AvgIpc) is 2.74. The molecule has 2 fully saturated rings. The molecule has 7 nitrogen and oxygen atoms in total. The average molecular weight is 402 g/mol. The van der Waals surface area contributed by atoms with Crippen LogP contribution in [0.15, 0.2) is 0 Å². The van der Waals surface area contributed by atoms with Crippen LogP contribution in [0.5, 0.6) is 0 Å². The zero-order valence-electron chi connectivity index (χ0n) is 11.0. The molecule has 2 rings (SSSR count). The van der Waals surface area contributed by atoms with Crippen LogP contribution in [0.1, 0.15) is 13.3 Å². The predicted octanol–water partition coefficient (Wildman–Crippen LogP) is 0.150. The lowest BCUT2D eigenvalue weighted by Crippen LogP contribution is -2.69. The van der Waals surface area contributed by atoms with E-state index < -0.39 is 46.7 Å². The highest BCUT2D eigenvalue weighted by atomic mass is 127. The summed E-state index contributed by atoms with van der Waals surface area (Å²) in [5.41, 5.74) is 0. The van der Waals surface area contributed by atoms with Crippen LogP contribution in [-0.4, -0.2) is 63.8 Å². The third-order valence-electron chi connectivity index (χ3n) is 3.49. The van der Waals surface area contributed by atoms with Crippen LogP contribution in [0.25, 0.3) is 0 Å². The number of imide groups is 1. The SMILES string of the molecule is CO[C@@H]1N([C@H]2C[C@H](F)[C@@H](CO)O2)C(=O)NC(=O)[C@@]1(C)I. The van der Waals surface area contributed by atoms with Gasteiger partial charge in [0, 0.05) is 13.5 Å². The van der Waals surface area contributed by atoms with E-state index in [1.807, 2.05) is 22.6 Å². The van der Waals surface area contributed by atoms with E-state index in [0.717, 1.165) is 0 Å². The van der Waals surface area contributed by atoms with E-state index in [0.29, 0.717) is 0 Å². The number of rotatable bonds is 3. The van der Waals surface area contributed by atoms with E-state index >= 15 is 0 Å². The number of amides is 3. The molecule has 0 aromatic heterocycles. The maximum absolute atomic E-state index is 13.7. The number of urea groups is 1. The molecule has 3 amide bonds. The van der Waals surface area contributed by atoms with Gasteiger partial charge < -0.3 is 14.6 Å². The van der Waals surface area contributed by atoms with Crippen LogP contribution in [0.2, 0.25) is 0 Å². The molecule has 0 aromatic rings. The number of hydrogen-bond donors (Lipinski definition) is 2. The quantitative estimate of drug-likeness (QED) is 0.519. The third kappa shape index (κ3) is 2.51. The minimum atomic E-state index is -1.37. The summed E-state index contributed by atoms with van der Waals surface area (Å²) in [6, 6.07) is -0.688. The summed E-state index contributed by atoms with van der Waals surface area (Å²) >= 11 is 1.88. The molecule has 5 atom stereocenters. The standard InChI is InChI=1S/C11H16FIN2O5/c1-11(13)8(17)14-10(18)15(9(11)19-2)7-3-5(12)6(4-16)20-7/h5-7,9,16H,3-4H2,1-2H3,(H,14,17,18)/t5-,6+,7+,9-,11+/m0/s1. The van der Waals surface area contributed by atoms with Gasteiger partial charge in [-0.15, -0.1) is 0 Å². The van der Waals surface area contributed by atoms with Gasteiger partial charge in [-0.1, -0.05) is 22.6 Å². The van der Waals surface area contributed by atoms with Crippen LogP contribution in [0.4, 0.5) is 9.18 Å². The van der Waals surface area contributed by atoms with E-state index in [-0.39, 0.29) is 6.42 Å². The molecule has 0 saturated carbocycles. The van der Waals surface area contributed by atoms with Gasteiger partial charge in [-0.3, -0.25) is 15.0 Å². The highest BCUT2D eigenvalue weighted by molar-refractivity contribution is 14.1. The Balaban J connectivity index is 2.25. The van der Waals surface area contributed by atoms with Gasteiger partial charge in [0.15, 0.2) is 6.23 Å². The smallest absolute Gasteiger partial charge is 0.328 e. The molecular weight excluding hydrogens is 386 g/mol. The molecule has 2 N–H and O–H groups in total. The van der Waals surface area contributed by atoms with Crippen molar-refractivity contribution in [2.45, 2.75) is 41.5 Å². The topological polar surface area (TPSA) is 88.1 Å². The van der Waals surface area contributed by atoms with Gasteiger partial charge in [0.1, 0.15) is 21.9 Å². The number of ether oxygens (including phenoxy) is 2. The third-order valence-corrected chi connectivity index (χ3v) is 4.51. The number of carbonyl (C=O) groups excluding carboxylic acids is 2. The molecule has 2 saturated heterocycles. The molecular formula is C11H16FIN2O5. The second-order valence-electron chi connectivity index (χ2n) is 4.89. The molecule has 20 heavy (non-hydrogen) atoms. The Hall–Kier alpha value is -0.520. The Bertz CT molecular complexity index is 422. The van der Waals surface area contributed by atoms with Crippen molar-refractivity contribution in [3.63, 3.8) is 0 Å². The lowest BCUT2D eigenvalue weighted by Gasteiger charge is -2.44. The first-order valence-electron chi connectivity index (χ1n) is 6.08. The molecule has 0 unspecified atom stereocenters. The normalized spacial score (nSPS) is 42.0. The number of alkyl halides is 2. The molecule has 114 valence electrons. The van der Waals surface area contributed by atoms with Crippen LogP contribution >= 0.6 is 22.6 Å². The molecule has 0 radical (unpaired) electrons. The fourth-order valence-corrected chi connectivity index (χ4v) is 3.09. The number of aliphatic hydroxyl groups is 1. The van der Waals surface area contributed by atoms with Crippen molar-refractivity contribution in [3.05, 3.63) is 0 Å². The Morgan fingerprint density at radius 2 is 2.30 bits per heavy atom. The minimum absolute atomic E-state index is 0.0700. The number of aliphatic hydroxyl groups excluding tert-OH is 1. The minimum Gasteiger partial charge on any atom is -0.394 e. The molecule has 0 aliphatic carbocycles. The molecule has 0 bridgehead atoms. The fraction of sp³-hybridized carbons (Fsp3) is 0.818. The predicted molar refractivity (Wildman–Crippen MR) is 73.9 cm³/mol. The lowest BCUT2D eigenvalue weighted by atomic mass is 10.1. The van der Waals surface area contributed by atoms with E-state index in [2.05, 4.69) is 5.32 Å². The van der Waals surface area contributed by atoms with Crippen molar-refractivity contribution < 1.29 is 28.6 Å². The van der Waals surface area contributed by atoms with Crippen molar-refractivity contribution in [3.8, 4) is 0 Å². The zero-order valence-corrected chi connectivity index (χ0v) is 13.2. The summed E-state index contributed by atoms with van der Waals surface area (Å²) in [5.74, 6) is -0.472. The first-order chi connectivity index (χ1) is 9.32. The lowest BCUT2D eigenvalue weighted by molar-refractivity contribution is -0.152. The van der Waals surface area contributed by atoms with Crippen molar-refractivity contribution in [2.24, 2.45) is 0 Å². The summed E-state index contributed by atoms with van der Waals surface area (Å²) < 4.78 is 23.2. The highest BCUT2D eigenvalue weighted by Gasteiger charge is 2.54. The summed E-state index contributed by atoms with van der Waals surface area (Å²) in [6.07, 6.45) is -4.16. The first-order valence-corrected chi connectivity index (χ1v) is 7.16. The summed E-state index contributed by atoms with van der Waals surface area (Å²) in [4.78, 5) is 25.0. The molecule has 0 spiro atoms. The van der Waals surface area contributed by atoms with E-state index in [1.165, 1.54) is 12.0 Å². The van der Waals surface area contributed by atoms with Crippen molar-refractivity contribution in [2.75, 3.05) is 13.7 Å². The van der Waals surface area contributed by atoms with Crippen molar-refractivity contribution in [1.29, 1.82) is 0 Å². The van der Waals surface area contributed by atoms with Crippen LogP contribution in [-0.2, 0) is 14.3 Å². The van der Waals surface area contributed by atoms with Crippen LogP contribution in [0, 0.1) is 0 Å². The Kier molecular flexibility index (Phi) is 4.52. The van der Waals surface area contributed by atoms with Gasteiger partial charge in [-0.2, -0.15) is 0 Å². The second kappa shape index (κ2) is 5.70. The number of halogens is 2. The highest BCUT2D eigenvalue weighted by Crippen LogP contribution is 2.36. The zero-order chi connectivity index (χ0) is 15.1. The maximum Gasteiger partial charge on any atom is 0.328 e. The van der Waals surface area contributed by atoms with Crippen molar-refractivity contribution >= 4 is 34.5 Å². The fourth-order valence-electron chi connectivity index (χ4n) is 2.40. The molecule has 2 aliphatic heterocycles. The Morgan fingerprint density at radius 1 is 1.65 bits per heavy atom. The number of hydrogen-bond acceptors (Lipinski definition) is 5. The Morgan fingerprint density at radius 3 is 2.80 bits per heavy atom. The van der Waals surface area contributed by atoms with Gasteiger partial charge >= 0.3 is 6.03 Å². The largest absolute Gasteiger partial charge is 0.394 e. The van der Waals surface area contributed by atoms with E-state index in [4.69, 9.17) is 14.6 Å². The monoisotopic (exact) mass is 402 g/mol. The second-order valence-corrected chi connectivity index (χ2v) is 7.13. The van der Waals surface area contributed by atoms with E-state index in [9.17, 15) is 14.0 Å². The van der Waals surface area contributed by atoms with Gasteiger partial charge in [-0.25, -0.2) is 9.18 Å². The molecule has 2 heterocycles. The van der Waals surface area contributed by atoms with Crippen LogP contribution in [0.3, 0.4) is 0 Å².